The monoisotopic (exact) mass is 481 g/mol. The molecule has 0 radical (unpaired) electrons. The predicted octanol–water partition coefficient (Wildman–Crippen LogP) is 6.45. The van der Waals surface area contributed by atoms with E-state index in [9.17, 15) is 22.8 Å². The van der Waals surface area contributed by atoms with Gasteiger partial charge in [-0.1, -0.05) is 38.5 Å². The zero-order chi connectivity index (χ0) is 25.2. The minimum Gasteiger partial charge on any atom is -0.322 e. The Labute approximate surface area is 201 Å². The lowest BCUT2D eigenvalue weighted by atomic mass is 9.92. The van der Waals surface area contributed by atoms with Gasteiger partial charge in [0, 0.05) is 41.4 Å². The average molecular weight is 482 g/mol. The molecule has 2 heterocycles. The summed E-state index contributed by atoms with van der Waals surface area (Å²) in [6.07, 6.45) is 0.322. The number of hydrogen-bond acceptors (Lipinski definition) is 3. The fourth-order valence-electron chi connectivity index (χ4n) is 4.37. The number of nitrogens with one attached hydrogen (secondary N) is 1. The van der Waals surface area contributed by atoms with Gasteiger partial charge in [0.15, 0.2) is 0 Å². The quantitative estimate of drug-likeness (QED) is 0.426. The molecule has 1 aromatic heterocycles. The van der Waals surface area contributed by atoms with Crippen LogP contribution in [-0.4, -0.2) is 23.3 Å². The maximum atomic E-state index is 13.4. The Kier molecular flexibility index (Phi) is 6.91. The van der Waals surface area contributed by atoms with E-state index < -0.39 is 17.6 Å². The first-order valence-electron chi connectivity index (χ1n) is 11.6. The van der Waals surface area contributed by atoms with E-state index in [0.717, 1.165) is 29.5 Å². The first-order chi connectivity index (χ1) is 16.7. The van der Waals surface area contributed by atoms with Crippen molar-refractivity contribution >= 4 is 39.7 Å². The van der Waals surface area contributed by atoms with Crippen molar-refractivity contribution in [2.75, 3.05) is 16.8 Å². The lowest BCUT2D eigenvalue weighted by molar-refractivity contribution is -0.137. The summed E-state index contributed by atoms with van der Waals surface area (Å²) < 4.78 is 40.3. The van der Waals surface area contributed by atoms with Gasteiger partial charge in [0.1, 0.15) is 0 Å². The summed E-state index contributed by atoms with van der Waals surface area (Å²) in [7, 11) is 0. The number of aromatic nitrogens is 1. The molecule has 0 saturated carbocycles. The second-order valence-corrected chi connectivity index (χ2v) is 8.73. The molecule has 0 fully saturated rings. The highest BCUT2D eigenvalue weighted by atomic mass is 19.4. The fourth-order valence-corrected chi connectivity index (χ4v) is 4.37. The van der Waals surface area contributed by atoms with Crippen LogP contribution < -0.4 is 10.2 Å². The molecular formula is C27H26F3N3O2. The van der Waals surface area contributed by atoms with Crippen LogP contribution in [0.2, 0.25) is 0 Å². The number of alkyl halides is 3. The van der Waals surface area contributed by atoms with Crippen molar-refractivity contribution in [3.63, 3.8) is 0 Å². The second-order valence-electron chi connectivity index (χ2n) is 8.73. The van der Waals surface area contributed by atoms with Gasteiger partial charge in [-0.2, -0.15) is 13.2 Å². The van der Waals surface area contributed by atoms with E-state index in [0.29, 0.717) is 29.7 Å². The number of fused-ring (bicyclic) bond motifs is 2. The molecule has 1 atom stereocenters. The van der Waals surface area contributed by atoms with Gasteiger partial charge < -0.3 is 10.2 Å². The van der Waals surface area contributed by atoms with E-state index >= 15 is 0 Å². The molecule has 2 aromatic carbocycles. The largest absolute Gasteiger partial charge is 0.416 e. The molecule has 1 unspecified atom stereocenters. The third-order valence-electron chi connectivity index (χ3n) is 6.15. The molecule has 0 aliphatic carbocycles. The van der Waals surface area contributed by atoms with E-state index in [-0.39, 0.29) is 24.1 Å². The van der Waals surface area contributed by atoms with E-state index in [4.69, 9.17) is 0 Å². The second kappa shape index (κ2) is 9.90. The Morgan fingerprint density at radius 1 is 1.17 bits per heavy atom. The van der Waals surface area contributed by atoms with E-state index in [1.54, 1.807) is 25.3 Å². The summed E-state index contributed by atoms with van der Waals surface area (Å²) in [6, 6.07) is 12.5. The zero-order valence-electron chi connectivity index (χ0n) is 19.5. The molecule has 4 rings (SSSR count). The molecule has 1 aliphatic rings. The molecule has 1 N–H and O–H groups in total. The van der Waals surface area contributed by atoms with Gasteiger partial charge in [-0.05, 0) is 48.7 Å². The number of rotatable bonds is 5. The van der Waals surface area contributed by atoms with Crippen LogP contribution in [0.15, 0.2) is 60.8 Å². The van der Waals surface area contributed by atoms with Gasteiger partial charge in [0.05, 0.1) is 16.8 Å². The Balaban J connectivity index is 1.65. The highest BCUT2D eigenvalue weighted by Crippen LogP contribution is 2.40. The maximum Gasteiger partial charge on any atom is 0.416 e. The minimum absolute atomic E-state index is 0.188. The normalized spacial score (nSPS) is 15.7. The van der Waals surface area contributed by atoms with Crippen LogP contribution in [-0.2, 0) is 15.8 Å². The van der Waals surface area contributed by atoms with Crippen LogP contribution in [0.4, 0.5) is 24.5 Å². The molecule has 3 aromatic rings. The van der Waals surface area contributed by atoms with Crippen LogP contribution in [0.1, 0.15) is 44.2 Å². The summed E-state index contributed by atoms with van der Waals surface area (Å²) in [5.41, 5.74) is 1.69. The lowest BCUT2D eigenvalue weighted by Gasteiger charge is -2.33. The van der Waals surface area contributed by atoms with Gasteiger partial charge in [-0.25, -0.2) is 0 Å². The lowest BCUT2D eigenvalue weighted by Crippen LogP contribution is -2.39. The number of benzene rings is 2. The van der Waals surface area contributed by atoms with E-state index in [1.165, 1.54) is 17.0 Å². The number of halogens is 3. The SMILES string of the molecule is CCCC(C)C(=O)N1CC/C(=C\C(=O)Nc2ccc3cccnc3c2)c2ccc(C(F)(F)F)cc21. The third kappa shape index (κ3) is 5.37. The maximum absolute atomic E-state index is 13.4. The van der Waals surface area contributed by atoms with E-state index in [1.807, 2.05) is 25.1 Å². The molecule has 5 nitrogen and oxygen atoms in total. The number of carbonyl (C=O) groups excluding carboxylic acids is 2. The van der Waals surface area contributed by atoms with Crippen molar-refractivity contribution in [3.05, 3.63) is 71.9 Å². The van der Waals surface area contributed by atoms with E-state index in [2.05, 4.69) is 10.3 Å². The highest BCUT2D eigenvalue weighted by molar-refractivity contribution is 6.07. The Morgan fingerprint density at radius 2 is 1.97 bits per heavy atom. The zero-order valence-corrected chi connectivity index (χ0v) is 19.5. The predicted molar refractivity (Wildman–Crippen MR) is 131 cm³/mol. The van der Waals surface area contributed by atoms with Crippen LogP contribution in [0, 0.1) is 5.92 Å². The van der Waals surface area contributed by atoms with Crippen molar-refractivity contribution in [2.45, 2.75) is 39.3 Å². The van der Waals surface area contributed by atoms with Gasteiger partial charge in [0.25, 0.3) is 0 Å². The summed E-state index contributed by atoms with van der Waals surface area (Å²) in [6.45, 7) is 3.96. The molecule has 182 valence electrons. The average Bonchev–Trinajstić information content (AvgIpc) is 2.83. The van der Waals surface area contributed by atoms with Crippen molar-refractivity contribution < 1.29 is 22.8 Å². The number of carbonyl (C=O) groups is 2. The minimum atomic E-state index is -4.54. The number of pyridine rings is 1. The van der Waals surface area contributed by atoms with Gasteiger partial charge >= 0.3 is 6.18 Å². The molecular weight excluding hydrogens is 455 g/mol. The first-order valence-corrected chi connectivity index (χ1v) is 11.6. The molecule has 1 aliphatic heterocycles. The molecule has 8 heteroatoms. The Hall–Kier alpha value is -3.68. The topological polar surface area (TPSA) is 62.3 Å². The fraction of sp³-hybridized carbons (Fsp3) is 0.296. The number of amides is 2. The van der Waals surface area contributed by atoms with Gasteiger partial charge in [0.2, 0.25) is 11.8 Å². The molecule has 35 heavy (non-hydrogen) atoms. The van der Waals surface area contributed by atoms with Crippen molar-refractivity contribution in [1.82, 2.24) is 4.98 Å². The van der Waals surface area contributed by atoms with Crippen LogP contribution in [0.3, 0.4) is 0 Å². The molecule has 2 amide bonds. The summed E-state index contributed by atoms with van der Waals surface area (Å²) in [5, 5.41) is 3.74. The first kappa shape index (κ1) is 24.4. The Bertz CT molecular complexity index is 1300. The summed E-state index contributed by atoms with van der Waals surface area (Å²) >= 11 is 0. The van der Waals surface area contributed by atoms with Crippen LogP contribution in [0.5, 0.6) is 0 Å². The number of hydrogen-bond donors (Lipinski definition) is 1. The van der Waals surface area contributed by atoms with Crippen LogP contribution >= 0.6 is 0 Å². The van der Waals surface area contributed by atoms with Gasteiger partial charge in [-0.15, -0.1) is 0 Å². The highest BCUT2D eigenvalue weighted by Gasteiger charge is 2.34. The summed E-state index contributed by atoms with van der Waals surface area (Å²) in [5.74, 6) is -0.919. The summed E-state index contributed by atoms with van der Waals surface area (Å²) in [4.78, 5) is 31.5. The Morgan fingerprint density at radius 3 is 2.71 bits per heavy atom. The number of nitrogens with zero attached hydrogens (tertiary/aromatic N) is 2. The standard InChI is InChI=1S/C27H26F3N3O2/c1-3-5-17(2)26(35)33-13-11-19(22-10-8-20(15-24(22)33)27(28,29)30)14-25(34)32-21-9-7-18-6-4-12-31-23(18)16-21/h4,6-10,12,14-17H,3,5,11,13H2,1-2H3,(H,32,34)/b19-14+. The molecule has 0 saturated heterocycles. The smallest absolute Gasteiger partial charge is 0.322 e. The number of anilines is 2. The molecule has 0 spiro atoms. The third-order valence-corrected chi connectivity index (χ3v) is 6.15. The van der Waals surface area contributed by atoms with Crippen molar-refractivity contribution in [1.29, 1.82) is 0 Å². The van der Waals surface area contributed by atoms with Gasteiger partial charge in [-0.3, -0.25) is 14.6 Å². The van der Waals surface area contributed by atoms with Crippen LogP contribution in [0.25, 0.3) is 16.5 Å². The molecule has 0 bridgehead atoms. The van der Waals surface area contributed by atoms with Crippen molar-refractivity contribution in [3.8, 4) is 0 Å². The van der Waals surface area contributed by atoms with Crippen molar-refractivity contribution in [2.24, 2.45) is 5.92 Å².